The molecule has 0 aliphatic carbocycles. The van der Waals surface area contributed by atoms with Crippen LogP contribution < -0.4 is 5.73 Å². The number of pyridine rings is 1. The van der Waals surface area contributed by atoms with Crippen molar-refractivity contribution in [3.8, 4) is 0 Å². The summed E-state index contributed by atoms with van der Waals surface area (Å²) in [6, 6.07) is 4.04. The fourth-order valence-electron chi connectivity index (χ4n) is 1.75. The average molecular weight is 259 g/mol. The molecule has 0 saturated carbocycles. The molecule has 94 valence electrons. The van der Waals surface area contributed by atoms with Gasteiger partial charge in [-0.3, -0.25) is 0 Å². The first-order valence-corrected chi connectivity index (χ1v) is 6.76. The highest BCUT2D eigenvalue weighted by Crippen LogP contribution is 2.19. The zero-order valence-corrected chi connectivity index (χ0v) is 9.98. The summed E-state index contributed by atoms with van der Waals surface area (Å²) >= 11 is 0. The van der Waals surface area contributed by atoms with Gasteiger partial charge in [0, 0.05) is 25.3 Å². The van der Waals surface area contributed by atoms with Crippen LogP contribution in [0.1, 0.15) is 6.42 Å². The molecule has 0 unspecified atom stereocenters. The lowest BCUT2D eigenvalue weighted by atomic mass is 10.1. The Balaban J connectivity index is 2.23. The molecule has 2 rings (SSSR count). The predicted octanol–water partition coefficient (Wildman–Crippen LogP) is 0.141. The second-order valence-corrected chi connectivity index (χ2v) is 5.88. The van der Waals surface area contributed by atoms with Crippen LogP contribution in [0.4, 0.5) is 4.39 Å². The van der Waals surface area contributed by atoms with Crippen LogP contribution in [-0.2, 0) is 10.0 Å². The van der Waals surface area contributed by atoms with Gasteiger partial charge in [-0.15, -0.1) is 0 Å². The van der Waals surface area contributed by atoms with Gasteiger partial charge in [0.2, 0.25) is 0 Å². The van der Waals surface area contributed by atoms with Crippen molar-refractivity contribution in [1.82, 2.24) is 9.29 Å². The Kier molecular flexibility index (Phi) is 3.41. The molecule has 2 heterocycles. The van der Waals surface area contributed by atoms with Crippen LogP contribution in [0, 0.1) is 0 Å². The molecule has 1 aromatic heterocycles. The second-order valence-electron chi connectivity index (χ2n) is 4.00. The van der Waals surface area contributed by atoms with E-state index in [1.54, 1.807) is 12.1 Å². The molecule has 7 heteroatoms. The van der Waals surface area contributed by atoms with E-state index in [9.17, 15) is 12.8 Å². The monoisotopic (exact) mass is 259 g/mol. The molecule has 1 saturated heterocycles. The van der Waals surface area contributed by atoms with Gasteiger partial charge in [-0.25, -0.2) is 17.8 Å². The molecule has 2 N–H and O–H groups in total. The molecule has 1 fully saturated rings. The van der Waals surface area contributed by atoms with Crippen LogP contribution in [0.2, 0.25) is 0 Å². The van der Waals surface area contributed by atoms with Crippen molar-refractivity contribution in [2.75, 3.05) is 13.1 Å². The van der Waals surface area contributed by atoms with Gasteiger partial charge in [-0.2, -0.15) is 4.31 Å². The molecule has 0 aromatic carbocycles. The Morgan fingerprint density at radius 2 is 2.24 bits per heavy atom. The smallest absolute Gasteiger partial charge is 0.260 e. The Hall–Kier alpha value is -1.05. The van der Waals surface area contributed by atoms with Gasteiger partial charge in [0.15, 0.2) is 5.03 Å². The van der Waals surface area contributed by atoms with Crippen LogP contribution in [0.25, 0.3) is 0 Å². The van der Waals surface area contributed by atoms with E-state index >= 15 is 0 Å². The molecule has 1 aliphatic heterocycles. The number of hydrogen-bond acceptors (Lipinski definition) is 4. The maximum absolute atomic E-state index is 13.4. The van der Waals surface area contributed by atoms with Crippen molar-refractivity contribution in [3.05, 3.63) is 24.4 Å². The van der Waals surface area contributed by atoms with Crippen LogP contribution in [0.15, 0.2) is 29.4 Å². The van der Waals surface area contributed by atoms with Crippen molar-refractivity contribution in [2.24, 2.45) is 5.73 Å². The van der Waals surface area contributed by atoms with Crippen LogP contribution in [0.3, 0.4) is 0 Å². The first kappa shape index (κ1) is 12.4. The van der Waals surface area contributed by atoms with Crippen molar-refractivity contribution >= 4 is 10.0 Å². The fourth-order valence-corrected chi connectivity index (χ4v) is 3.14. The molecule has 5 nitrogen and oxygen atoms in total. The van der Waals surface area contributed by atoms with E-state index in [-0.39, 0.29) is 18.1 Å². The third kappa shape index (κ3) is 2.46. The zero-order chi connectivity index (χ0) is 12.5. The molecule has 0 bridgehead atoms. The average Bonchev–Trinajstić information content (AvgIpc) is 2.33. The minimum atomic E-state index is -3.69. The van der Waals surface area contributed by atoms with Gasteiger partial charge in [0.1, 0.15) is 6.17 Å². The van der Waals surface area contributed by atoms with Crippen LogP contribution in [0.5, 0.6) is 0 Å². The zero-order valence-electron chi connectivity index (χ0n) is 9.16. The Morgan fingerprint density at radius 3 is 2.82 bits per heavy atom. The number of rotatable bonds is 2. The molecule has 17 heavy (non-hydrogen) atoms. The van der Waals surface area contributed by atoms with E-state index in [2.05, 4.69) is 4.98 Å². The second kappa shape index (κ2) is 4.67. The van der Waals surface area contributed by atoms with Crippen molar-refractivity contribution in [1.29, 1.82) is 0 Å². The molecule has 0 radical (unpaired) electrons. The normalized spacial score (nSPS) is 26.9. The maximum Gasteiger partial charge on any atom is 0.260 e. The SMILES string of the molecule is N[C@H]1CCN(S(=O)(=O)c2ccccn2)C[C@@H]1F. The summed E-state index contributed by atoms with van der Waals surface area (Å²) < 4.78 is 38.7. The highest BCUT2D eigenvalue weighted by molar-refractivity contribution is 7.89. The quantitative estimate of drug-likeness (QED) is 0.819. The lowest BCUT2D eigenvalue weighted by Crippen LogP contribution is -2.50. The van der Waals surface area contributed by atoms with Gasteiger partial charge in [0.05, 0.1) is 0 Å². The summed E-state index contributed by atoms with van der Waals surface area (Å²) in [6.45, 7) is 0.0422. The molecule has 2 atom stereocenters. The summed E-state index contributed by atoms with van der Waals surface area (Å²) in [5.41, 5.74) is 5.51. The number of piperidine rings is 1. The number of nitrogens with two attached hydrogens (primary N) is 1. The van der Waals surface area contributed by atoms with E-state index in [1.807, 2.05) is 0 Å². The number of sulfonamides is 1. The Morgan fingerprint density at radius 1 is 1.47 bits per heavy atom. The van der Waals surface area contributed by atoms with E-state index in [1.165, 1.54) is 12.3 Å². The summed E-state index contributed by atoms with van der Waals surface area (Å²) in [5.74, 6) is 0. The lowest BCUT2D eigenvalue weighted by Gasteiger charge is -2.31. The number of nitrogens with zero attached hydrogens (tertiary/aromatic N) is 2. The molecule has 1 aliphatic rings. The lowest BCUT2D eigenvalue weighted by molar-refractivity contribution is 0.176. The van der Waals surface area contributed by atoms with Gasteiger partial charge >= 0.3 is 0 Å². The van der Waals surface area contributed by atoms with Gasteiger partial charge in [-0.05, 0) is 18.6 Å². The minimum absolute atomic E-state index is 0.0531. The highest BCUT2D eigenvalue weighted by atomic mass is 32.2. The first-order valence-electron chi connectivity index (χ1n) is 5.32. The number of aromatic nitrogens is 1. The number of hydrogen-bond donors (Lipinski definition) is 1. The Labute approximate surface area is 99.5 Å². The maximum atomic E-state index is 13.4. The fraction of sp³-hybridized carbons (Fsp3) is 0.500. The third-order valence-electron chi connectivity index (χ3n) is 2.80. The summed E-state index contributed by atoms with van der Waals surface area (Å²) in [5, 5.41) is -0.0531. The number of halogens is 1. The van der Waals surface area contributed by atoms with Crippen LogP contribution >= 0.6 is 0 Å². The van der Waals surface area contributed by atoms with Gasteiger partial charge < -0.3 is 5.73 Å². The highest BCUT2D eigenvalue weighted by Gasteiger charge is 2.34. The van der Waals surface area contributed by atoms with Gasteiger partial charge in [0.25, 0.3) is 10.0 Å². The van der Waals surface area contributed by atoms with Gasteiger partial charge in [-0.1, -0.05) is 6.07 Å². The summed E-state index contributed by atoms with van der Waals surface area (Å²) in [6.07, 6.45) is 0.408. The minimum Gasteiger partial charge on any atom is -0.325 e. The van der Waals surface area contributed by atoms with E-state index in [0.29, 0.717) is 6.42 Å². The molecular weight excluding hydrogens is 245 g/mol. The third-order valence-corrected chi connectivity index (χ3v) is 4.58. The largest absolute Gasteiger partial charge is 0.325 e. The van der Waals surface area contributed by atoms with Crippen molar-refractivity contribution in [3.63, 3.8) is 0 Å². The molecule has 0 amide bonds. The van der Waals surface area contributed by atoms with E-state index in [0.717, 1.165) is 4.31 Å². The van der Waals surface area contributed by atoms with Crippen molar-refractivity contribution < 1.29 is 12.8 Å². The van der Waals surface area contributed by atoms with E-state index in [4.69, 9.17) is 5.73 Å². The Bertz CT molecular complexity index is 480. The van der Waals surface area contributed by atoms with Crippen LogP contribution in [-0.4, -0.2) is 43.0 Å². The summed E-state index contributed by atoms with van der Waals surface area (Å²) in [4.78, 5) is 3.79. The summed E-state index contributed by atoms with van der Waals surface area (Å²) in [7, 11) is -3.69. The first-order chi connectivity index (χ1) is 8.01. The topological polar surface area (TPSA) is 76.3 Å². The standard InChI is InChI=1S/C10H14FN3O2S/c11-8-7-14(6-4-9(8)12)17(15,16)10-3-1-2-5-13-10/h1-3,5,8-9H,4,6-7,12H2/t8-,9-/m0/s1. The van der Waals surface area contributed by atoms with E-state index < -0.39 is 22.2 Å². The van der Waals surface area contributed by atoms with Crippen molar-refractivity contribution in [2.45, 2.75) is 23.7 Å². The molecule has 0 spiro atoms. The molecular formula is C10H14FN3O2S. The predicted molar refractivity (Wildman–Crippen MR) is 60.5 cm³/mol. The molecule has 1 aromatic rings. The number of alkyl halides is 1.